The van der Waals surface area contributed by atoms with Gasteiger partial charge in [-0.3, -0.25) is 0 Å². The lowest BCUT2D eigenvalue weighted by Crippen LogP contribution is -2.22. The molecule has 21 heavy (non-hydrogen) atoms. The largest absolute Gasteiger partial charge is 0.368 e. The van der Waals surface area contributed by atoms with E-state index >= 15 is 0 Å². The molecule has 0 bridgehead atoms. The van der Waals surface area contributed by atoms with Crippen molar-refractivity contribution in [2.24, 2.45) is 0 Å². The maximum Gasteiger partial charge on any atom is 0.0545 e. The van der Waals surface area contributed by atoms with E-state index in [4.69, 9.17) is 11.6 Å². The van der Waals surface area contributed by atoms with Crippen molar-refractivity contribution >= 4 is 33.2 Å². The van der Waals surface area contributed by atoms with Gasteiger partial charge in [-0.25, -0.2) is 0 Å². The minimum Gasteiger partial charge on any atom is -0.368 e. The van der Waals surface area contributed by atoms with Crippen LogP contribution in [0.4, 0.5) is 5.69 Å². The van der Waals surface area contributed by atoms with Crippen molar-refractivity contribution in [2.75, 3.05) is 11.9 Å². The highest BCUT2D eigenvalue weighted by Gasteiger charge is 2.28. The average molecular weight is 365 g/mol. The number of hydrogen-bond acceptors (Lipinski definition) is 1. The first-order valence-corrected chi connectivity index (χ1v) is 8.42. The van der Waals surface area contributed by atoms with Gasteiger partial charge in [-0.05, 0) is 73.2 Å². The van der Waals surface area contributed by atoms with Gasteiger partial charge in [0.1, 0.15) is 0 Å². The van der Waals surface area contributed by atoms with Crippen molar-refractivity contribution in [3.8, 4) is 0 Å². The number of hydrogen-bond donors (Lipinski definition) is 0. The highest BCUT2D eigenvalue weighted by atomic mass is 79.9. The molecule has 2 aromatic carbocycles. The van der Waals surface area contributed by atoms with Gasteiger partial charge in [0.05, 0.1) is 6.04 Å². The standard InChI is InChI=1S/C18H19BrClN/c1-11-8-15-14(16(19)9-11)5-7-18(15)21(3)13-4-6-17(20)12(2)10-13/h4,6,8-10,18H,5,7H2,1-3H3. The lowest BCUT2D eigenvalue weighted by molar-refractivity contribution is 0.662. The lowest BCUT2D eigenvalue weighted by atomic mass is 10.0. The molecule has 0 spiro atoms. The number of aryl methyl sites for hydroxylation is 2. The summed E-state index contributed by atoms with van der Waals surface area (Å²) in [6.07, 6.45) is 2.30. The normalized spacial score (nSPS) is 16.9. The molecule has 3 heteroatoms. The molecule has 0 heterocycles. The fraction of sp³-hybridized carbons (Fsp3) is 0.333. The Balaban J connectivity index is 1.98. The molecule has 3 rings (SSSR count). The van der Waals surface area contributed by atoms with E-state index < -0.39 is 0 Å². The molecule has 0 radical (unpaired) electrons. The zero-order chi connectivity index (χ0) is 15.1. The highest BCUT2D eigenvalue weighted by Crippen LogP contribution is 2.41. The van der Waals surface area contributed by atoms with Crippen molar-refractivity contribution in [3.05, 3.63) is 62.1 Å². The highest BCUT2D eigenvalue weighted by molar-refractivity contribution is 9.10. The molecule has 1 atom stereocenters. The molecule has 1 aliphatic rings. The summed E-state index contributed by atoms with van der Waals surface area (Å²) in [5.41, 5.74) is 6.59. The third-order valence-corrected chi connectivity index (χ3v) is 5.55. The summed E-state index contributed by atoms with van der Waals surface area (Å²) in [5, 5.41) is 0.831. The van der Waals surface area contributed by atoms with E-state index in [1.807, 2.05) is 6.07 Å². The van der Waals surface area contributed by atoms with Gasteiger partial charge in [-0.15, -0.1) is 0 Å². The van der Waals surface area contributed by atoms with E-state index in [0.29, 0.717) is 6.04 Å². The van der Waals surface area contributed by atoms with Crippen molar-refractivity contribution in [1.29, 1.82) is 0 Å². The number of halogens is 2. The zero-order valence-corrected chi connectivity index (χ0v) is 14.9. The van der Waals surface area contributed by atoms with Crippen LogP contribution in [0.25, 0.3) is 0 Å². The Kier molecular flexibility index (Phi) is 4.02. The molecule has 2 aromatic rings. The Labute approximate surface area is 140 Å². The number of fused-ring (bicyclic) bond motifs is 1. The maximum absolute atomic E-state index is 6.14. The summed E-state index contributed by atoms with van der Waals surface area (Å²) in [6.45, 7) is 4.22. The quantitative estimate of drug-likeness (QED) is 0.646. The van der Waals surface area contributed by atoms with Crippen molar-refractivity contribution in [1.82, 2.24) is 0 Å². The van der Waals surface area contributed by atoms with Gasteiger partial charge in [0.25, 0.3) is 0 Å². The molecule has 110 valence electrons. The second kappa shape index (κ2) is 5.66. The predicted molar refractivity (Wildman–Crippen MR) is 94.5 cm³/mol. The number of benzene rings is 2. The predicted octanol–water partition coefficient (Wildman–Crippen LogP) is 5.84. The summed E-state index contributed by atoms with van der Waals surface area (Å²) in [5.74, 6) is 0. The lowest BCUT2D eigenvalue weighted by Gasteiger charge is -2.28. The van der Waals surface area contributed by atoms with Crippen molar-refractivity contribution in [2.45, 2.75) is 32.7 Å². The Morgan fingerprint density at radius 1 is 1.19 bits per heavy atom. The van der Waals surface area contributed by atoms with Gasteiger partial charge in [0.2, 0.25) is 0 Å². The summed E-state index contributed by atoms with van der Waals surface area (Å²) in [7, 11) is 2.18. The van der Waals surface area contributed by atoms with E-state index in [1.165, 1.54) is 26.9 Å². The fourth-order valence-electron chi connectivity index (χ4n) is 3.23. The zero-order valence-electron chi connectivity index (χ0n) is 12.6. The smallest absolute Gasteiger partial charge is 0.0545 e. The number of rotatable bonds is 2. The monoisotopic (exact) mass is 363 g/mol. The summed E-state index contributed by atoms with van der Waals surface area (Å²) >= 11 is 9.86. The minimum atomic E-state index is 0.441. The van der Waals surface area contributed by atoms with Crippen LogP contribution in [-0.4, -0.2) is 7.05 Å². The second-order valence-electron chi connectivity index (χ2n) is 5.91. The number of anilines is 1. The molecular weight excluding hydrogens is 346 g/mol. The fourth-order valence-corrected chi connectivity index (χ4v) is 4.13. The van der Waals surface area contributed by atoms with Crippen molar-refractivity contribution < 1.29 is 0 Å². The molecule has 0 aliphatic heterocycles. The Bertz CT molecular complexity index is 696. The van der Waals surface area contributed by atoms with Crippen LogP contribution in [0, 0.1) is 13.8 Å². The van der Waals surface area contributed by atoms with Gasteiger partial charge in [-0.1, -0.05) is 33.6 Å². The minimum absolute atomic E-state index is 0.441. The molecule has 0 saturated carbocycles. The van der Waals surface area contributed by atoms with Gasteiger partial charge in [0.15, 0.2) is 0 Å². The van der Waals surface area contributed by atoms with Crippen LogP contribution in [0.15, 0.2) is 34.8 Å². The maximum atomic E-state index is 6.14. The Hall–Kier alpha value is -0.990. The van der Waals surface area contributed by atoms with Gasteiger partial charge < -0.3 is 4.90 Å². The topological polar surface area (TPSA) is 3.24 Å². The van der Waals surface area contributed by atoms with Crippen LogP contribution in [0.3, 0.4) is 0 Å². The van der Waals surface area contributed by atoms with E-state index in [-0.39, 0.29) is 0 Å². The molecule has 0 aromatic heterocycles. The molecule has 1 nitrogen and oxygen atoms in total. The third kappa shape index (κ3) is 2.72. The first kappa shape index (κ1) is 14.9. The molecule has 0 fully saturated rings. The molecule has 0 saturated heterocycles. The van der Waals surface area contributed by atoms with E-state index in [0.717, 1.165) is 23.4 Å². The second-order valence-corrected chi connectivity index (χ2v) is 7.17. The van der Waals surface area contributed by atoms with Gasteiger partial charge in [0, 0.05) is 22.2 Å². The first-order valence-electron chi connectivity index (χ1n) is 7.25. The SMILES string of the molecule is Cc1cc(Br)c2c(c1)C(N(C)c1ccc(Cl)c(C)c1)CC2. The van der Waals surface area contributed by atoms with Crippen LogP contribution in [0.2, 0.25) is 5.02 Å². The molecule has 1 aliphatic carbocycles. The van der Waals surface area contributed by atoms with Gasteiger partial charge >= 0.3 is 0 Å². The van der Waals surface area contributed by atoms with Gasteiger partial charge in [-0.2, -0.15) is 0 Å². The number of nitrogens with zero attached hydrogens (tertiary/aromatic N) is 1. The van der Waals surface area contributed by atoms with Crippen LogP contribution in [0.5, 0.6) is 0 Å². The molecule has 0 N–H and O–H groups in total. The molecular formula is C18H19BrClN. The summed E-state index contributed by atoms with van der Waals surface area (Å²) in [4.78, 5) is 2.38. The molecule has 1 unspecified atom stereocenters. The van der Waals surface area contributed by atoms with Crippen LogP contribution < -0.4 is 4.90 Å². The molecule has 0 amide bonds. The summed E-state index contributed by atoms with van der Waals surface area (Å²) < 4.78 is 1.25. The third-order valence-electron chi connectivity index (χ3n) is 4.42. The van der Waals surface area contributed by atoms with Crippen LogP contribution in [-0.2, 0) is 6.42 Å². The van der Waals surface area contributed by atoms with Crippen molar-refractivity contribution in [3.63, 3.8) is 0 Å². The summed E-state index contributed by atoms with van der Waals surface area (Å²) in [6, 6.07) is 11.3. The van der Waals surface area contributed by atoms with E-state index in [1.54, 1.807) is 0 Å². The van der Waals surface area contributed by atoms with E-state index in [9.17, 15) is 0 Å². The Morgan fingerprint density at radius 2 is 1.95 bits per heavy atom. The first-order chi connectivity index (χ1) is 9.97. The average Bonchev–Trinajstić information content (AvgIpc) is 2.85. The van der Waals surface area contributed by atoms with Crippen LogP contribution >= 0.6 is 27.5 Å². The van der Waals surface area contributed by atoms with Crippen LogP contribution in [0.1, 0.15) is 34.7 Å². The van der Waals surface area contributed by atoms with E-state index in [2.05, 4.69) is 66.0 Å². The Morgan fingerprint density at radius 3 is 2.67 bits per heavy atom.